The quantitative estimate of drug-likeness (QED) is 0.246. The first kappa shape index (κ1) is 30.7. The third-order valence-electron chi connectivity index (χ3n) is 7.24. The van der Waals surface area contributed by atoms with Crippen molar-refractivity contribution in [2.24, 2.45) is 10.9 Å². The van der Waals surface area contributed by atoms with Crippen LogP contribution in [0, 0.1) is 18.7 Å². The fourth-order valence-electron chi connectivity index (χ4n) is 4.75. The monoisotopic (exact) mass is 589 g/mol. The molecule has 1 aliphatic carbocycles. The van der Waals surface area contributed by atoms with Crippen molar-refractivity contribution in [3.8, 4) is 5.75 Å². The largest absolute Gasteiger partial charge is 0.436 e. The van der Waals surface area contributed by atoms with E-state index in [-0.39, 0.29) is 41.8 Å². The molecule has 218 valence electrons. The van der Waals surface area contributed by atoms with E-state index >= 15 is 4.39 Å². The number of aryl methyl sites for hydroxylation is 2. The summed E-state index contributed by atoms with van der Waals surface area (Å²) in [6.07, 6.45) is 6.24. The molecule has 0 N–H and O–H groups in total. The Bertz CT molecular complexity index is 1390. The number of ether oxygens (including phenoxy) is 1. The Morgan fingerprint density at radius 3 is 2.61 bits per heavy atom. The van der Waals surface area contributed by atoms with Crippen molar-refractivity contribution in [3.05, 3.63) is 87.4 Å². The van der Waals surface area contributed by atoms with Gasteiger partial charge in [0.15, 0.2) is 11.6 Å². The number of ketones is 2. The molecule has 1 aliphatic heterocycles. The Morgan fingerprint density at radius 1 is 1.10 bits per heavy atom. The summed E-state index contributed by atoms with van der Waals surface area (Å²) in [4.78, 5) is 28.9. The number of rotatable bonds is 11. The minimum absolute atomic E-state index is 0.0305. The molecule has 4 rings (SSSR count). The third-order valence-corrected chi connectivity index (χ3v) is 7.57. The van der Waals surface area contributed by atoms with Gasteiger partial charge in [0.2, 0.25) is 5.90 Å². The summed E-state index contributed by atoms with van der Waals surface area (Å²) < 4.78 is 60.1. The van der Waals surface area contributed by atoms with Crippen molar-refractivity contribution in [1.82, 2.24) is 0 Å². The summed E-state index contributed by atoms with van der Waals surface area (Å²) in [5, 5.41) is -0.409. The van der Waals surface area contributed by atoms with Crippen molar-refractivity contribution in [3.63, 3.8) is 0 Å². The van der Waals surface area contributed by atoms with E-state index < -0.39 is 22.6 Å². The van der Waals surface area contributed by atoms with Gasteiger partial charge in [-0.25, -0.2) is 9.38 Å². The Hall–Kier alpha value is -3.26. The summed E-state index contributed by atoms with van der Waals surface area (Å²) in [7, 11) is 0. The summed E-state index contributed by atoms with van der Waals surface area (Å²) in [6, 6.07) is 6.43. The molecule has 2 aromatic carbocycles. The standard InChI is InChI=1S/C32H32ClF4NO3/c1-20-15-30(41-31-18-21(5-2-3-14-38-31)9-13-29(40)23-10-11-23)28(34)19-24(20)6-4-7-25(39)16-22-8-12-27(33)26(17-22)32(35,36)37/h3,8,12,14-15,17-19,23H,2,4-7,9-11,13,16H2,1H3/b14-3-,21-18?,38-31?. The van der Waals surface area contributed by atoms with Gasteiger partial charge >= 0.3 is 6.18 Å². The van der Waals surface area contributed by atoms with Crippen LogP contribution >= 0.6 is 11.6 Å². The van der Waals surface area contributed by atoms with E-state index in [1.807, 2.05) is 13.0 Å². The summed E-state index contributed by atoms with van der Waals surface area (Å²) >= 11 is 5.65. The molecule has 0 unspecified atom stereocenters. The topological polar surface area (TPSA) is 55.7 Å². The van der Waals surface area contributed by atoms with E-state index in [9.17, 15) is 22.8 Å². The van der Waals surface area contributed by atoms with Crippen LogP contribution in [0.2, 0.25) is 5.02 Å². The molecule has 2 aliphatic rings. The molecule has 1 saturated carbocycles. The second-order valence-corrected chi connectivity index (χ2v) is 11.0. The van der Waals surface area contributed by atoms with Crippen molar-refractivity contribution >= 4 is 29.1 Å². The highest BCUT2D eigenvalue weighted by atomic mass is 35.5. The lowest BCUT2D eigenvalue weighted by atomic mass is 9.98. The Kier molecular flexibility index (Phi) is 10.2. The number of carbonyl (C=O) groups is 2. The second-order valence-electron chi connectivity index (χ2n) is 10.6. The highest BCUT2D eigenvalue weighted by Gasteiger charge is 2.33. The van der Waals surface area contributed by atoms with E-state index in [1.165, 1.54) is 12.1 Å². The van der Waals surface area contributed by atoms with Gasteiger partial charge in [0.25, 0.3) is 0 Å². The number of hydrogen-bond donors (Lipinski definition) is 0. The summed E-state index contributed by atoms with van der Waals surface area (Å²) in [5.74, 6) is 0.0190. The van der Waals surface area contributed by atoms with Gasteiger partial charge < -0.3 is 4.74 Å². The molecule has 0 spiro atoms. The molecule has 0 amide bonds. The lowest BCUT2D eigenvalue weighted by Gasteiger charge is -2.13. The number of carbonyl (C=O) groups excluding carboxylic acids is 2. The maximum absolute atomic E-state index is 15.0. The van der Waals surface area contributed by atoms with Crippen LogP contribution in [-0.2, 0) is 28.6 Å². The highest BCUT2D eigenvalue weighted by molar-refractivity contribution is 6.31. The lowest BCUT2D eigenvalue weighted by molar-refractivity contribution is -0.137. The fraction of sp³-hybridized carbons (Fsp3) is 0.406. The predicted molar refractivity (Wildman–Crippen MR) is 151 cm³/mol. The van der Waals surface area contributed by atoms with Gasteiger partial charge in [-0.1, -0.05) is 29.3 Å². The SMILES string of the molecule is Cc1cc(OC2=N/C=C\CCC(CCC(=O)C3CC3)=C2)c(F)cc1CCCC(=O)Cc1ccc(Cl)c(C(F)(F)F)c1. The first-order valence-corrected chi connectivity index (χ1v) is 14.2. The van der Waals surface area contributed by atoms with E-state index in [4.69, 9.17) is 16.3 Å². The molecule has 1 heterocycles. The second kappa shape index (κ2) is 13.6. The first-order chi connectivity index (χ1) is 19.5. The molecule has 0 atom stereocenters. The predicted octanol–water partition coefficient (Wildman–Crippen LogP) is 8.71. The highest BCUT2D eigenvalue weighted by Crippen LogP contribution is 2.35. The molecule has 0 radical (unpaired) electrons. The Morgan fingerprint density at radius 2 is 1.88 bits per heavy atom. The zero-order chi connectivity index (χ0) is 29.6. The zero-order valence-electron chi connectivity index (χ0n) is 22.8. The zero-order valence-corrected chi connectivity index (χ0v) is 23.6. The van der Waals surface area contributed by atoms with Crippen LogP contribution in [-0.4, -0.2) is 17.5 Å². The van der Waals surface area contributed by atoms with Crippen molar-refractivity contribution in [1.29, 1.82) is 0 Å². The minimum Gasteiger partial charge on any atom is -0.436 e. The van der Waals surface area contributed by atoms with Crippen LogP contribution in [0.15, 0.2) is 59.2 Å². The molecule has 2 aromatic rings. The number of alkyl halides is 3. The molecule has 1 fully saturated rings. The smallest absolute Gasteiger partial charge is 0.417 e. The van der Waals surface area contributed by atoms with Gasteiger partial charge in [-0.05, 0) is 98.9 Å². The third kappa shape index (κ3) is 9.12. The number of Topliss-reactive ketones (excluding diaryl/α,β-unsaturated/α-hetero) is 2. The van der Waals surface area contributed by atoms with Crippen LogP contribution in [0.25, 0.3) is 0 Å². The maximum Gasteiger partial charge on any atom is 0.417 e. The summed E-state index contributed by atoms with van der Waals surface area (Å²) in [5.41, 5.74) is 1.81. The number of benzene rings is 2. The van der Waals surface area contributed by atoms with Crippen molar-refractivity contribution in [2.75, 3.05) is 0 Å². The average molecular weight is 590 g/mol. The number of halogens is 5. The number of hydrogen-bond acceptors (Lipinski definition) is 4. The van der Waals surface area contributed by atoms with E-state index in [0.29, 0.717) is 37.0 Å². The van der Waals surface area contributed by atoms with Gasteiger partial charge in [0, 0.05) is 31.4 Å². The van der Waals surface area contributed by atoms with Gasteiger partial charge in [-0.2, -0.15) is 13.2 Å². The lowest BCUT2D eigenvalue weighted by Crippen LogP contribution is -2.10. The fourth-order valence-corrected chi connectivity index (χ4v) is 4.97. The minimum atomic E-state index is -4.60. The van der Waals surface area contributed by atoms with Gasteiger partial charge in [0.1, 0.15) is 11.6 Å². The number of allylic oxidation sites excluding steroid dienone is 2. The van der Waals surface area contributed by atoms with Gasteiger partial charge in [-0.15, -0.1) is 0 Å². The van der Waals surface area contributed by atoms with E-state index in [0.717, 1.165) is 49.0 Å². The maximum atomic E-state index is 15.0. The van der Waals surface area contributed by atoms with Crippen LogP contribution < -0.4 is 4.74 Å². The number of nitrogens with zero attached hydrogens (tertiary/aromatic N) is 1. The molecule has 0 bridgehead atoms. The average Bonchev–Trinajstić information content (AvgIpc) is 3.73. The van der Waals surface area contributed by atoms with Crippen molar-refractivity contribution < 1.29 is 31.9 Å². The molecule has 41 heavy (non-hydrogen) atoms. The Labute approximate surface area is 242 Å². The van der Waals surface area contributed by atoms with Crippen LogP contribution in [0.4, 0.5) is 17.6 Å². The molecule has 0 saturated heterocycles. The van der Waals surface area contributed by atoms with E-state index in [1.54, 1.807) is 18.3 Å². The molecule has 9 heteroatoms. The molecule has 0 aromatic heterocycles. The van der Waals surface area contributed by atoms with Gasteiger partial charge in [0.05, 0.1) is 10.6 Å². The number of aliphatic imine (C=N–C) groups is 1. The molecule has 4 nitrogen and oxygen atoms in total. The van der Waals surface area contributed by atoms with Crippen molar-refractivity contribution in [2.45, 2.75) is 77.3 Å². The van der Waals surface area contributed by atoms with Gasteiger partial charge in [-0.3, -0.25) is 9.59 Å². The Balaban J connectivity index is 1.33. The molecular formula is C32H32ClF4NO3. The van der Waals surface area contributed by atoms with E-state index in [2.05, 4.69) is 4.99 Å². The van der Waals surface area contributed by atoms with Crippen LogP contribution in [0.5, 0.6) is 5.75 Å². The molecular weight excluding hydrogens is 558 g/mol. The first-order valence-electron chi connectivity index (χ1n) is 13.8. The van der Waals surface area contributed by atoms with Crippen LogP contribution in [0.1, 0.15) is 73.6 Å². The van der Waals surface area contributed by atoms with Crippen LogP contribution in [0.3, 0.4) is 0 Å². The normalized spacial score (nSPS) is 16.3. The summed E-state index contributed by atoms with van der Waals surface area (Å²) in [6.45, 7) is 1.82.